The summed E-state index contributed by atoms with van der Waals surface area (Å²) in [7, 11) is -0.293. The number of hydrogen-bond acceptors (Lipinski definition) is 5. The number of sulfonamides is 1. The summed E-state index contributed by atoms with van der Waals surface area (Å²) in [5.74, 6) is 1.16. The topological polar surface area (TPSA) is 76.7 Å². The molecule has 6 nitrogen and oxygen atoms in total. The molecule has 0 unspecified atom stereocenters. The van der Waals surface area contributed by atoms with Crippen molar-refractivity contribution in [3.63, 3.8) is 0 Å². The second-order valence-electron chi connectivity index (χ2n) is 5.07. The fourth-order valence-electron chi connectivity index (χ4n) is 1.99. The molecule has 0 atom stereocenters. The quantitative estimate of drug-likeness (QED) is 0.677. The fraction of sp³-hybridized carbons (Fsp3) is 0.571. The molecule has 118 valence electrons. The van der Waals surface area contributed by atoms with Crippen molar-refractivity contribution < 1.29 is 17.9 Å². The van der Waals surface area contributed by atoms with Crippen LogP contribution in [0.4, 0.5) is 5.69 Å². The van der Waals surface area contributed by atoms with Crippen LogP contribution in [0.15, 0.2) is 18.2 Å². The second kappa shape index (κ2) is 7.00. The van der Waals surface area contributed by atoms with E-state index in [1.54, 1.807) is 18.2 Å². The van der Waals surface area contributed by atoms with E-state index in [0.717, 1.165) is 6.54 Å². The van der Waals surface area contributed by atoms with Crippen LogP contribution in [0.3, 0.4) is 0 Å². The lowest BCUT2D eigenvalue weighted by molar-refractivity contribution is 0.355. The average molecular weight is 314 g/mol. The van der Waals surface area contributed by atoms with E-state index in [9.17, 15) is 8.42 Å². The molecule has 0 bridgehead atoms. The first-order chi connectivity index (χ1) is 10.0. The molecule has 1 aliphatic rings. The first kappa shape index (κ1) is 15.9. The molecule has 0 spiro atoms. The van der Waals surface area contributed by atoms with Crippen molar-refractivity contribution in [3.8, 4) is 11.5 Å². The monoisotopic (exact) mass is 314 g/mol. The molecule has 0 heterocycles. The predicted molar refractivity (Wildman–Crippen MR) is 82.6 cm³/mol. The zero-order valence-electron chi connectivity index (χ0n) is 12.4. The molecule has 1 aromatic rings. The van der Waals surface area contributed by atoms with E-state index >= 15 is 0 Å². The van der Waals surface area contributed by atoms with Crippen molar-refractivity contribution in [2.75, 3.05) is 31.2 Å². The van der Waals surface area contributed by atoms with Gasteiger partial charge in [0.1, 0.15) is 0 Å². The van der Waals surface area contributed by atoms with Gasteiger partial charge in [0.05, 0.1) is 25.7 Å². The Kier molecular flexibility index (Phi) is 5.30. The number of rotatable bonds is 9. The number of nitrogens with one attached hydrogen (secondary N) is 2. The van der Waals surface area contributed by atoms with E-state index in [-0.39, 0.29) is 5.75 Å². The van der Waals surface area contributed by atoms with E-state index in [1.165, 1.54) is 27.1 Å². The van der Waals surface area contributed by atoms with Gasteiger partial charge in [0, 0.05) is 12.1 Å². The van der Waals surface area contributed by atoms with Crippen molar-refractivity contribution in [3.05, 3.63) is 18.2 Å². The lowest BCUT2D eigenvalue weighted by Gasteiger charge is -2.12. The Morgan fingerprint density at radius 2 is 1.90 bits per heavy atom. The van der Waals surface area contributed by atoms with E-state index in [0.29, 0.717) is 29.6 Å². The third-order valence-corrected chi connectivity index (χ3v) is 4.63. The summed E-state index contributed by atoms with van der Waals surface area (Å²) in [5.41, 5.74) is 0.475. The molecule has 1 aromatic carbocycles. The van der Waals surface area contributed by atoms with Crippen LogP contribution >= 0.6 is 0 Å². The highest BCUT2D eigenvalue weighted by molar-refractivity contribution is 7.92. The molecule has 0 radical (unpaired) electrons. The molecular formula is C14H22N2O4S. The number of anilines is 1. The van der Waals surface area contributed by atoms with Crippen LogP contribution in [0.5, 0.6) is 11.5 Å². The minimum atomic E-state index is -3.34. The van der Waals surface area contributed by atoms with Crippen LogP contribution in [-0.2, 0) is 10.0 Å². The summed E-state index contributed by atoms with van der Waals surface area (Å²) < 4.78 is 36.8. The maximum atomic E-state index is 12.0. The molecule has 0 amide bonds. The largest absolute Gasteiger partial charge is 0.493 e. The molecule has 21 heavy (non-hydrogen) atoms. The third-order valence-electron chi connectivity index (χ3n) is 3.26. The van der Waals surface area contributed by atoms with Crippen LogP contribution < -0.4 is 19.5 Å². The highest BCUT2D eigenvalue weighted by Crippen LogP contribution is 2.30. The second-order valence-corrected chi connectivity index (χ2v) is 6.91. The Labute approximate surface area is 125 Å². The molecule has 1 fully saturated rings. The lowest BCUT2D eigenvalue weighted by Crippen LogP contribution is -2.23. The fourth-order valence-corrected chi connectivity index (χ4v) is 3.10. The minimum absolute atomic E-state index is 0.0983. The van der Waals surface area contributed by atoms with Crippen molar-refractivity contribution in [2.24, 2.45) is 0 Å². The Balaban J connectivity index is 1.88. The molecule has 2 N–H and O–H groups in total. The van der Waals surface area contributed by atoms with Crippen LogP contribution in [0.2, 0.25) is 0 Å². The standard InChI is InChI=1S/C14H22N2O4S/c1-19-13-7-6-12(10-14(13)20-2)16-21(17,18)9-3-8-15-11-4-5-11/h6-7,10-11,15-16H,3-5,8-9H2,1-2H3. The average Bonchev–Trinajstić information content (AvgIpc) is 3.27. The molecule has 1 saturated carbocycles. The molecular weight excluding hydrogens is 292 g/mol. The van der Waals surface area contributed by atoms with E-state index in [2.05, 4.69) is 10.0 Å². The van der Waals surface area contributed by atoms with E-state index in [1.807, 2.05) is 0 Å². The number of methoxy groups -OCH3 is 2. The summed E-state index contributed by atoms with van der Waals surface area (Å²) >= 11 is 0. The zero-order chi connectivity index (χ0) is 15.3. The molecule has 0 aromatic heterocycles. The van der Waals surface area contributed by atoms with Gasteiger partial charge < -0.3 is 14.8 Å². The van der Waals surface area contributed by atoms with Crippen molar-refractivity contribution in [1.82, 2.24) is 5.32 Å². The summed E-state index contributed by atoms with van der Waals surface area (Å²) in [6, 6.07) is 5.54. The van der Waals surface area contributed by atoms with Crippen molar-refractivity contribution in [2.45, 2.75) is 25.3 Å². The highest BCUT2D eigenvalue weighted by atomic mass is 32.2. The Morgan fingerprint density at radius 3 is 2.52 bits per heavy atom. The smallest absolute Gasteiger partial charge is 0.232 e. The lowest BCUT2D eigenvalue weighted by atomic mass is 10.3. The highest BCUT2D eigenvalue weighted by Gasteiger charge is 2.20. The van der Waals surface area contributed by atoms with Gasteiger partial charge in [-0.05, 0) is 37.9 Å². The van der Waals surface area contributed by atoms with E-state index in [4.69, 9.17) is 9.47 Å². The third kappa shape index (κ3) is 5.09. The van der Waals surface area contributed by atoms with Crippen molar-refractivity contribution >= 4 is 15.7 Å². The maximum Gasteiger partial charge on any atom is 0.232 e. The maximum absolute atomic E-state index is 12.0. The van der Waals surface area contributed by atoms with Gasteiger partial charge in [-0.1, -0.05) is 0 Å². The molecule has 2 rings (SSSR count). The van der Waals surface area contributed by atoms with Crippen molar-refractivity contribution in [1.29, 1.82) is 0 Å². The summed E-state index contributed by atoms with van der Waals surface area (Å²) in [6.45, 7) is 0.734. The van der Waals surface area contributed by atoms with Gasteiger partial charge in [0.25, 0.3) is 0 Å². The summed E-state index contributed by atoms with van der Waals surface area (Å²) in [4.78, 5) is 0. The molecule has 1 aliphatic carbocycles. The van der Waals surface area contributed by atoms with Crippen LogP contribution in [0.25, 0.3) is 0 Å². The number of hydrogen-bond donors (Lipinski definition) is 2. The van der Waals surface area contributed by atoms with Crippen LogP contribution in [-0.4, -0.2) is 41.0 Å². The first-order valence-corrected chi connectivity index (χ1v) is 8.65. The van der Waals surface area contributed by atoms with Gasteiger partial charge in [0.2, 0.25) is 10.0 Å². The van der Waals surface area contributed by atoms with E-state index < -0.39 is 10.0 Å². The SMILES string of the molecule is COc1ccc(NS(=O)(=O)CCCNC2CC2)cc1OC. The van der Waals surface area contributed by atoms with Gasteiger partial charge >= 0.3 is 0 Å². The first-order valence-electron chi connectivity index (χ1n) is 7.00. The van der Waals surface area contributed by atoms with Gasteiger partial charge in [0.15, 0.2) is 11.5 Å². The Hall–Kier alpha value is -1.47. The Morgan fingerprint density at radius 1 is 1.19 bits per heavy atom. The van der Waals surface area contributed by atoms with Gasteiger partial charge in [-0.25, -0.2) is 8.42 Å². The number of benzene rings is 1. The van der Waals surface area contributed by atoms with Gasteiger partial charge in [-0.2, -0.15) is 0 Å². The summed E-state index contributed by atoms with van der Waals surface area (Å²) in [5, 5.41) is 3.30. The normalized spacial score (nSPS) is 14.8. The van der Waals surface area contributed by atoms with Gasteiger partial charge in [-0.3, -0.25) is 4.72 Å². The zero-order valence-corrected chi connectivity index (χ0v) is 13.2. The van der Waals surface area contributed by atoms with Crippen LogP contribution in [0.1, 0.15) is 19.3 Å². The number of ether oxygens (including phenoxy) is 2. The van der Waals surface area contributed by atoms with Crippen LogP contribution in [0, 0.1) is 0 Å². The molecule has 0 saturated heterocycles. The van der Waals surface area contributed by atoms with Gasteiger partial charge in [-0.15, -0.1) is 0 Å². The molecule has 7 heteroatoms. The Bertz CT molecular complexity index is 570. The molecule has 0 aliphatic heterocycles. The predicted octanol–water partition coefficient (Wildman–Crippen LogP) is 1.59. The summed E-state index contributed by atoms with van der Waals surface area (Å²) in [6.07, 6.45) is 3.01. The minimum Gasteiger partial charge on any atom is -0.493 e.